The number of carboxylic acid groups (broad SMARTS) is 1. The van der Waals surface area contributed by atoms with E-state index in [1.54, 1.807) is 4.90 Å². The smallest absolute Gasteiger partial charge is 0.410 e. The van der Waals surface area contributed by atoms with Crippen molar-refractivity contribution < 1.29 is 29.0 Å². The summed E-state index contributed by atoms with van der Waals surface area (Å²) in [4.78, 5) is 40.4. The number of hydrogen-bond acceptors (Lipinski definition) is 6. The maximum Gasteiger partial charge on any atom is 0.410 e. The molecule has 0 aliphatic carbocycles. The molecule has 1 unspecified atom stereocenters. The summed E-state index contributed by atoms with van der Waals surface area (Å²) >= 11 is 0. The van der Waals surface area contributed by atoms with Crippen molar-refractivity contribution in [2.24, 2.45) is 5.73 Å². The van der Waals surface area contributed by atoms with Crippen molar-refractivity contribution in [1.82, 2.24) is 15.1 Å². The summed E-state index contributed by atoms with van der Waals surface area (Å²) in [5, 5.41) is 12.8. The number of amides is 3. The van der Waals surface area contributed by atoms with E-state index in [4.69, 9.17) is 15.2 Å². The Balaban J connectivity index is 1.49. The fourth-order valence-corrected chi connectivity index (χ4v) is 4.66. The Morgan fingerprint density at radius 1 is 0.682 bits per heavy atom. The van der Waals surface area contributed by atoms with Crippen LogP contribution >= 0.6 is 0 Å². The van der Waals surface area contributed by atoms with E-state index in [0.29, 0.717) is 58.3 Å². The lowest BCUT2D eigenvalue weighted by Gasteiger charge is -2.25. The first-order chi connectivity index (χ1) is 21.4. The molecule has 4 N–H and O–H groups in total. The lowest BCUT2D eigenvalue weighted by atomic mass is 10.0. The average molecular weight is 605 g/mol. The number of carbonyl (C=O) groups excluding carboxylic acids is 2. The molecule has 44 heavy (non-hydrogen) atoms. The molecule has 0 bridgehead atoms. The summed E-state index contributed by atoms with van der Waals surface area (Å²) in [6.45, 7) is 2.23. The molecule has 0 aliphatic heterocycles. The van der Waals surface area contributed by atoms with Crippen molar-refractivity contribution >= 4 is 18.3 Å². The van der Waals surface area contributed by atoms with Crippen molar-refractivity contribution in [2.75, 3.05) is 32.7 Å². The van der Waals surface area contributed by atoms with Crippen molar-refractivity contribution in [2.45, 2.75) is 51.4 Å². The number of unbranched alkanes of at least 4 members (excludes halogenated alkanes) is 1. The molecular weight excluding hydrogens is 560 g/mol. The van der Waals surface area contributed by atoms with Crippen LogP contribution in [0.2, 0.25) is 0 Å². The Morgan fingerprint density at radius 3 is 1.73 bits per heavy atom. The Labute approximate surface area is 259 Å². The molecule has 0 saturated carbocycles. The van der Waals surface area contributed by atoms with Crippen LogP contribution in [0.25, 0.3) is 0 Å². The van der Waals surface area contributed by atoms with E-state index in [-0.39, 0.29) is 25.8 Å². The zero-order chi connectivity index (χ0) is 31.4. The van der Waals surface area contributed by atoms with E-state index in [1.165, 1.54) is 4.90 Å². The zero-order valence-corrected chi connectivity index (χ0v) is 25.2. The van der Waals surface area contributed by atoms with E-state index in [0.717, 1.165) is 16.7 Å². The normalized spacial score (nSPS) is 11.3. The molecule has 0 aromatic heterocycles. The molecule has 0 aliphatic rings. The fourth-order valence-electron chi connectivity index (χ4n) is 4.66. The minimum absolute atomic E-state index is 0.147. The van der Waals surface area contributed by atoms with Crippen molar-refractivity contribution in [1.29, 1.82) is 0 Å². The second-order valence-corrected chi connectivity index (χ2v) is 10.5. The van der Waals surface area contributed by atoms with Crippen LogP contribution in [0.15, 0.2) is 91.0 Å². The van der Waals surface area contributed by atoms with Crippen LogP contribution in [0.5, 0.6) is 0 Å². The quantitative estimate of drug-likeness (QED) is 0.160. The van der Waals surface area contributed by atoms with Gasteiger partial charge in [-0.25, -0.2) is 14.4 Å². The van der Waals surface area contributed by atoms with Gasteiger partial charge < -0.3 is 35.4 Å². The predicted molar refractivity (Wildman–Crippen MR) is 169 cm³/mol. The van der Waals surface area contributed by atoms with Gasteiger partial charge in [0.1, 0.15) is 13.2 Å². The number of nitrogens with zero attached hydrogens (tertiary/aromatic N) is 2. The molecule has 10 nitrogen and oxygen atoms in total. The molecule has 0 spiro atoms. The number of ether oxygens (including phenoxy) is 2. The van der Waals surface area contributed by atoms with Gasteiger partial charge in [0.2, 0.25) is 0 Å². The first-order valence-corrected chi connectivity index (χ1v) is 15.1. The number of nitrogens with one attached hydrogen (secondary N) is 1. The van der Waals surface area contributed by atoms with Gasteiger partial charge >= 0.3 is 18.3 Å². The second-order valence-electron chi connectivity index (χ2n) is 10.5. The molecule has 0 fully saturated rings. The summed E-state index contributed by atoms with van der Waals surface area (Å²) < 4.78 is 10.9. The van der Waals surface area contributed by atoms with E-state index >= 15 is 0 Å². The van der Waals surface area contributed by atoms with Crippen LogP contribution < -0.4 is 11.1 Å². The highest BCUT2D eigenvalue weighted by molar-refractivity contribution is 5.68. The highest BCUT2D eigenvalue weighted by Crippen LogP contribution is 2.11. The number of rotatable bonds is 18. The molecule has 0 saturated heterocycles. The minimum Gasteiger partial charge on any atom is -0.465 e. The van der Waals surface area contributed by atoms with Gasteiger partial charge in [-0.1, -0.05) is 91.0 Å². The van der Waals surface area contributed by atoms with Gasteiger partial charge in [0.05, 0.1) is 0 Å². The van der Waals surface area contributed by atoms with E-state index in [2.05, 4.69) is 5.32 Å². The topological polar surface area (TPSA) is 134 Å². The lowest BCUT2D eigenvalue weighted by Crippen LogP contribution is -2.41. The maximum atomic E-state index is 12.7. The van der Waals surface area contributed by atoms with Gasteiger partial charge in [0.25, 0.3) is 0 Å². The number of benzene rings is 3. The van der Waals surface area contributed by atoms with Gasteiger partial charge in [0.15, 0.2) is 0 Å². The van der Waals surface area contributed by atoms with Crippen molar-refractivity contribution in [3.05, 3.63) is 108 Å². The number of alkyl carbamates (subject to hydrolysis) is 1. The van der Waals surface area contributed by atoms with Gasteiger partial charge in [-0.2, -0.15) is 0 Å². The summed E-state index contributed by atoms with van der Waals surface area (Å²) in [7, 11) is 0. The largest absolute Gasteiger partial charge is 0.465 e. The monoisotopic (exact) mass is 604 g/mol. The van der Waals surface area contributed by atoms with Crippen LogP contribution in [0.3, 0.4) is 0 Å². The zero-order valence-electron chi connectivity index (χ0n) is 25.2. The Kier molecular flexibility index (Phi) is 15.1. The average Bonchev–Trinajstić information content (AvgIpc) is 3.04. The van der Waals surface area contributed by atoms with Crippen molar-refractivity contribution in [3.8, 4) is 0 Å². The molecule has 10 heteroatoms. The number of carbonyl (C=O) groups is 3. The van der Waals surface area contributed by atoms with Gasteiger partial charge in [-0.05, 0) is 55.3 Å². The molecule has 236 valence electrons. The van der Waals surface area contributed by atoms with Crippen LogP contribution in [0.1, 0.15) is 42.4 Å². The minimum atomic E-state index is -1.03. The maximum absolute atomic E-state index is 12.7. The van der Waals surface area contributed by atoms with Gasteiger partial charge in [0, 0.05) is 32.2 Å². The van der Waals surface area contributed by atoms with Crippen LogP contribution in [-0.2, 0) is 29.1 Å². The molecule has 3 amide bonds. The lowest BCUT2D eigenvalue weighted by molar-refractivity contribution is 0.0943. The fraction of sp³-hybridized carbons (Fsp3) is 0.382. The third-order valence-electron chi connectivity index (χ3n) is 7.08. The summed E-state index contributed by atoms with van der Waals surface area (Å²) in [5.41, 5.74) is 8.48. The highest BCUT2D eigenvalue weighted by atomic mass is 16.6. The van der Waals surface area contributed by atoms with Gasteiger partial charge in [-0.3, -0.25) is 0 Å². The molecule has 3 aromatic carbocycles. The number of hydrogen-bond donors (Lipinski definition) is 3. The summed E-state index contributed by atoms with van der Waals surface area (Å²) in [6.07, 6.45) is 0.772. The molecule has 0 radical (unpaired) electrons. The molecule has 3 rings (SSSR count). The summed E-state index contributed by atoms with van der Waals surface area (Å²) in [6, 6.07) is 28.3. The van der Waals surface area contributed by atoms with E-state index < -0.39 is 18.3 Å². The third-order valence-corrected chi connectivity index (χ3v) is 7.08. The van der Waals surface area contributed by atoms with Crippen LogP contribution in [0.4, 0.5) is 14.4 Å². The summed E-state index contributed by atoms with van der Waals surface area (Å²) in [5.74, 6) is 0. The molecule has 1 atom stereocenters. The van der Waals surface area contributed by atoms with Gasteiger partial charge in [-0.15, -0.1) is 0 Å². The standard InChI is InChI=1S/C34H44N4O6/c35-20-12-23-38(34(42)44-27-30-17-8-3-9-18-30)22-11-10-21-37(33(40)41)24-19-31(25-28-13-4-1-5-14-28)36-32(39)43-26-29-15-6-2-7-16-29/h1-9,13-18,31H,10-12,19-27,35H2,(H,36,39)(H,40,41). The van der Waals surface area contributed by atoms with Crippen LogP contribution in [0, 0.1) is 0 Å². The van der Waals surface area contributed by atoms with E-state index in [1.807, 2.05) is 91.0 Å². The Bertz CT molecular complexity index is 1250. The van der Waals surface area contributed by atoms with Crippen LogP contribution in [-0.4, -0.2) is 72.0 Å². The molecule has 3 aromatic rings. The SMILES string of the molecule is NCCCN(CCCCN(CCC(Cc1ccccc1)NC(=O)OCc1ccccc1)C(=O)O)C(=O)OCc1ccccc1. The molecule has 0 heterocycles. The predicted octanol–water partition coefficient (Wildman–Crippen LogP) is 5.66. The Hall–Kier alpha value is -4.57. The Morgan fingerprint density at radius 2 is 1.18 bits per heavy atom. The first kappa shape index (κ1) is 33.9. The first-order valence-electron chi connectivity index (χ1n) is 15.1. The number of nitrogens with two attached hydrogens (primary N) is 1. The highest BCUT2D eigenvalue weighted by Gasteiger charge is 2.19. The molecular formula is C34H44N4O6. The van der Waals surface area contributed by atoms with E-state index in [9.17, 15) is 19.5 Å². The second kappa shape index (κ2) is 19.6. The van der Waals surface area contributed by atoms with Crippen molar-refractivity contribution in [3.63, 3.8) is 0 Å². The third kappa shape index (κ3) is 13.2.